The van der Waals surface area contributed by atoms with Crippen molar-refractivity contribution in [1.29, 1.82) is 0 Å². The van der Waals surface area contributed by atoms with Gasteiger partial charge in [-0.2, -0.15) is 0 Å². The Bertz CT molecular complexity index is 659. The van der Waals surface area contributed by atoms with Crippen molar-refractivity contribution in [3.05, 3.63) is 29.1 Å². The van der Waals surface area contributed by atoms with Crippen LogP contribution in [0.5, 0.6) is 0 Å². The molecule has 0 aliphatic carbocycles. The zero-order chi connectivity index (χ0) is 14.5. The maximum Gasteiger partial charge on any atom is 0.494 e. The molecule has 1 aliphatic heterocycles. The van der Waals surface area contributed by atoms with Crippen molar-refractivity contribution in [2.24, 2.45) is 0 Å². The lowest BCUT2D eigenvalue weighted by atomic mass is 9.79. The summed E-state index contributed by atoms with van der Waals surface area (Å²) >= 11 is 1.57. The van der Waals surface area contributed by atoms with E-state index in [9.17, 15) is 4.79 Å². The van der Waals surface area contributed by atoms with E-state index in [2.05, 4.69) is 6.07 Å². The highest BCUT2D eigenvalue weighted by Crippen LogP contribution is 2.36. The zero-order valence-corrected chi connectivity index (χ0v) is 12.9. The first-order chi connectivity index (χ1) is 9.34. The highest BCUT2D eigenvalue weighted by Gasteiger charge is 2.51. The maximum absolute atomic E-state index is 11.0. The second-order valence-electron chi connectivity index (χ2n) is 6.15. The van der Waals surface area contributed by atoms with Crippen LogP contribution in [0.2, 0.25) is 0 Å². The van der Waals surface area contributed by atoms with Crippen molar-refractivity contribution >= 4 is 40.3 Å². The Hall–Kier alpha value is -1.17. The second-order valence-corrected chi connectivity index (χ2v) is 7.06. The van der Waals surface area contributed by atoms with Gasteiger partial charge in [-0.25, -0.2) is 0 Å². The average molecular weight is 288 g/mol. The summed E-state index contributed by atoms with van der Waals surface area (Å²) in [5.74, 6) is 0. The molecule has 0 saturated carbocycles. The van der Waals surface area contributed by atoms with Gasteiger partial charge in [0.15, 0.2) is 6.29 Å². The number of hydrogen-bond donors (Lipinski definition) is 0. The number of fused-ring (bicyclic) bond motifs is 1. The first kappa shape index (κ1) is 13.8. The summed E-state index contributed by atoms with van der Waals surface area (Å²) in [6.45, 7) is 8.17. The van der Waals surface area contributed by atoms with Gasteiger partial charge in [-0.05, 0) is 39.2 Å². The lowest BCUT2D eigenvalue weighted by molar-refractivity contribution is 0.00578. The van der Waals surface area contributed by atoms with E-state index in [1.165, 1.54) is 0 Å². The standard InChI is InChI=1S/C15H17BO3S/c1-14(2)15(3,4)19-16(18-14)11-5-6-12-10(8-17)9-20-13(12)7-11/h5-9H,1-4H3. The number of aldehydes is 1. The Morgan fingerprint density at radius 2 is 1.80 bits per heavy atom. The van der Waals surface area contributed by atoms with E-state index >= 15 is 0 Å². The summed E-state index contributed by atoms with van der Waals surface area (Å²) < 4.78 is 13.2. The topological polar surface area (TPSA) is 35.5 Å². The van der Waals surface area contributed by atoms with Crippen LogP contribution in [0.15, 0.2) is 23.6 Å². The van der Waals surface area contributed by atoms with Crippen LogP contribution in [-0.2, 0) is 9.31 Å². The molecule has 3 rings (SSSR count). The number of rotatable bonds is 2. The van der Waals surface area contributed by atoms with Gasteiger partial charge < -0.3 is 9.31 Å². The minimum Gasteiger partial charge on any atom is -0.399 e. The molecular weight excluding hydrogens is 271 g/mol. The molecule has 1 fully saturated rings. The van der Waals surface area contributed by atoms with Crippen LogP contribution < -0.4 is 5.46 Å². The molecule has 5 heteroatoms. The van der Waals surface area contributed by atoms with Crippen LogP contribution in [0.1, 0.15) is 38.1 Å². The van der Waals surface area contributed by atoms with Crippen LogP contribution in [-0.4, -0.2) is 24.6 Å². The molecule has 0 unspecified atom stereocenters. The van der Waals surface area contributed by atoms with Crippen LogP contribution in [0, 0.1) is 0 Å². The maximum atomic E-state index is 11.0. The van der Waals surface area contributed by atoms with Gasteiger partial charge in [-0.15, -0.1) is 11.3 Å². The molecule has 0 bridgehead atoms. The molecule has 0 radical (unpaired) electrons. The zero-order valence-electron chi connectivity index (χ0n) is 12.1. The van der Waals surface area contributed by atoms with Gasteiger partial charge in [-0.3, -0.25) is 4.79 Å². The second kappa shape index (κ2) is 4.42. The van der Waals surface area contributed by atoms with Gasteiger partial charge in [0.2, 0.25) is 0 Å². The Kier molecular flexibility index (Phi) is 3.05. The smallest absolute Gasteiger partial charge is 0.399 e. The molecule has 20 heavy (non-hydrogen) atoms. The molecule has 2 aromatic rings. The highest BCUT2D eigenvalue weighted by molar-refractivity contribution is 7.17. The van der Waals surface area contributed by atoms with E-state index in [0.29, 0.717) is 0 Å². The quantitative estimate of drug-likeness (QED) is 0.629. The third-order valence-electron chi connectivity index (χ3n) is 4.28. The van der Waals surface area contributed by atoms with E-state index in [-0.39, 0.29) is 18.3 Å². The van der Waals surface area contributed by atoms with E-state index < -0.39 is 0 Å². The third kappa shape index (κ3) is 2.01. The van der Waals surface area contributed by atoms with Crippen LogP contribution in [0.3, 0.4) is 0 Å². The van der Waals surface area contributed by atoms with Gasteiger partial charge >= 0.3 is 7.12 Å². The molecule has 0 spiro atoms. The first-order valence-corrected chi connectivity index (χ1v) is 7.54. The van der Waals surface area contributed by atoms with Crippen LogP contribution in [0.25, 0.3) is 10.1 Å². The molecule has 0 amide bonds. The number of carbonyl (C=O) groups excluding carboxylic acids is 1. The molecule has 0 atom stereocenters. The largest absolute Gasteiger partial charge is 0.494 e. The molecule has 1 saturated heterocycles. The lowest BCUT2D eigenvalue weighted by Gasteiger charge is -2.32. The van der Waals surface area contributed by atoms with Crippen molar-refractivity contribution in [3.8, 4) is 0 Å². The van der Waals surface area contributed by atoms with Gasteiger partial charge in [-0.1, -0.05) is 12.1 Å². The lowest BCUT2D eigenvalue weighted by Crippen LogP contribution is -2.41. The summed E-state index contributed by atoms with van der Waals surface area (Å²) in [7, 11) is -0.355. The van der Waals surface area contributed by atoms with Gasteiger partial charge in [0.1, 0.15) is 0 Å². The highest BCUT2D eigenvalue weighted by atomic mass is 32.1. The van der Waals surface area contributed by atoms with Crippen molar-refractivity contribution in [2.45, 2.75) is 38.9 Å². The molecule has 104 valence electrons. The van der Waals surface area contributed by atoms with Gasteiger partial charge in [0.05, 0.1) is 11.2 Å². The Labute approximate surface area is 123 Å². The summed E-state index contributed by atoms with van der Waals surface area (Å²) in [4.78, 5) is 11.0. The first-order valence-electron chi connectivity index (χ1n) is 6.66. The minimum atomic E-state index is -0.355. The predicted molar refractivity (Wildman–Crippen MR) is 82.9 cm³/mol. The number of thiophene rings is 1. The molecule has 1 aromatic heterocycles. The normalized spacial score (nSPS) is 20.5. The SMILES string of the molecule is CC1(C)OB(c2ccc3c(C=O)csc3c2)OC1(C)C. The third-order valence-corrected chi connectivity index (χ3v) is 5.25. The van der Waals surface area contributed by atoms with E-state index in [0.717, 1.165) is 27.4 Å². The fourth-order valence-corrected chi connectivity index (χ4v) is 3.24. The van der Waals surface area contributed by atoms with Gasteiger partial charge in [0, 0.05) is 21.0 Å². The summed E-state index contributed by atoms with van der Waals surface area (Å²) in [5.41, 5.74) is 1.06. The molecular formula is C15H17BO3S. The summed E-state index contributed by atoms with van der Waals surface area (Å²) in [6.07, 6.45) is 0.896. The van der Waals surface area contributed by atoms with E-state index in [1.54, 1.807) is 11.3 Å². The molecule has 2 heterocycles. The predicted octanol–water partition coefficient (Wildman–Crippen LogP) is 3.01. The van der Waals surface area contributed by atoms with Crippen molar-refractivity contribution in [3.63, 3.8) is 0 Å². The van der Waals surface area contributed by atoms with Crippen molar-refractivity contribution in [1.82, 2.24) is 0 Å². The monoisotopic (exact) mass is 288 g/mol. The molecule has 1 aromatic carbocycles. The van der Waals surface area contributed by atoms with Crippen LogP contribution in [0.4, 0.5) is 0 Å². The number of benzene rings is 1. The fraction of sp³-hybridized carbons (Fsp3) is 0.400. The minimum absolute atomic E-state index is 0.337. The van der Waals surface area contributed by atoms with Crippen molar-refractivity contribution in [2.75, 3.05) is 0 Å². The fourth-order valence-electron chi connectivity index (χ4n) is 2.28. The summed E-state index contributed by atoms with van der Waals surface area (Å²) in [5, 5.41) is 2.87. The van der Waals surface area contributed by atoms with E-state index in [1.807, 2.05) is 45.2 Å². The Morgan fingerprint density at radius 3 is 2.40 bits per heavy atom. The van der Waals surface area contributed by atoms with Crippen LogP contribution >= 0.6 is 11.3 Å². The average Bonchev–Trinajstić information content (AvgIpc) is 2.87. The Morgan fingerprint density at radius 1 is 1.15 bits per heavy atom. The summed E-state index contributed by atoms with van der Waals surface area (Å²) in [6, 6.07) is 6.00. The molecule has 3 nitrogen and oxygen atoms in total. The Balaban J connectivity index is 1.98. The number of hydrogen-bond acceptors (Lipinski definition) is 4. The van der Waals surface area contributed by atoms with Gasteiger partial charge in [0.25, 0.3) is 0 Å². The van der Waals surface area contributed by atoms with Crippen molar-refractivity contribution < 1.29 is 14.1 Å². The molecule has 0 N–H and O–H groups in total. The molecule has 1 aliphatic rings. The van der Waals surface area contributed by atoms with E-state index in [4.69, 9.17) is 9.31 Å². The number of carbonyl (C=O) groups is 1.